The number of carbonyl (C=O) groups is 1. The van der Waals surface area contributed by atoms with Gasteiger partial charge in [-0.15, -0.1) is 0 Å². The predicted molar refractivity (Wildman–Crippen MR) is 99.5 cm³/mol. The lowest BCUT2D eigenvalue weighted by molar-refractivity contribution is 0.0706. The van der Waals surface area contributed by atoms with Gasteiger partial charge in [0.05, 0.1) is 29.7 Å². The van der Waals surface area contributed by atoms with Crippen LogP contribution in [-0.4, -0.2) is 42.6 Å². The zero-order valence-corrected chi connectivity index (χ0v) is 15.7. The summed E-state index contributed by atoms with van der Waals surface area (Å²) in [6.07, 6.45) is 3.59. The zero-order chi connectivity index (χ0) is 19.5. The van der Waals surface area contributed by atoms with Gasteiger partial charge < -0.3 is 14.6 Å². The number of furan rings is 1. The first-order chi connectivity index (χ1) is 13.5. The van der Waals surface area contributed by atoms with Crippen LogP contribution >= 0.6 is 0 Å². The Hall–Kier alpha value is -3.41. The van der Waals surface area contributed by atoms with Crippen molar-refractivity contribution in [2.24, 2.45) is 0 Å². The van der Waals surface area contributed by atoms with Crippen molar-refractivity contribution in [3.05, 3.63) is 35.1 Å². The van der Waals surface area contributed by atoms with Crippen molar-refractivity contribution >= 4 is 22.8 Å². The summed E-state index contributed by atoms with van der Waals surface area (Å²) >= 11 is 0. The molecule has 4 heterocycles. The van der Waals surface area contributed by atoms with Gasteiger partial charge in [-0.3, -0.25) is 9.48 Å². The summed E-state index contributed by atoms with van der Waals surface area (Å²) in [7, 11) is 0. The predicted octanol–water partition coefficient (Wildman–Crippen LogP) is 2.22. The molecule has 1 N–H and O–H groups in total. The van der Waals surface area contributed by atoms with Crippen LogP contribution in [0.1, 0.15) is 47.3 Å². The first-order valence-corrected chi connectivity index (χ1v) is 9.26. The topological polar surface area (TPSA) is 113 Å². The van der Waals surface area contributed by atoms with Crippen molar-refractivity contribution in [1.82, 2.24) is 24.6 Å². The second kappa shape index (κ2) is 5.79. The summed E-state index contributed by atoms with van der Waals surface area (Å²) in [5.74, 6) is 1.04. The number of nitrogens with zero attached hydrogens (tertiary/aromatic N) is 6. The molecule has 0 spiro atoms. The minimum absolute atomic E-state index is 0.0120. The summed E-state index contributed by atoms with van der Waals surface area (Å²) in [6.45, 7) is 5.37. The molecular formula is C19H19N7O2. The largest absolute Gasteiger partial charge is 0.442 e. The number of fused-ring (bicyclic) bond motifs is 2. The Morgan fingerprint density at radius 2 is 2.18 bits per heavy atom. The molecule has 0 atom stereocenters. The molecule has 1 aliphatic heterocycles. The fourth-order valence-corrected chi connectivity index (χ4v) is 3.65. The number of amides is 1. The Morgan fingerprint density at radius 1 is 1.36 bits per heavy atom. The van der Waals surface area contributed by atoms with Gasteiger partial charge in [-0.25, -0.2) is 9.97 Å². The van der Waals surface area contributed by atoms with Crippen LogP contribution in [0.5, 0.6) is 0 Å². The van der Waals surface area contributed by atoms with Gasteiger partial charge in [-0.2, -0.15) is 10.4 Å². The van der Waals surface area contributed by atoms with Crippen LogP contribution < -0.4 is 5.32 Å². The van der Waals surface area contributed by atoms with Gasteiger partial charge in [0.25, 0.3) is 5.91 Å². The summed E-state index contributed by atoms with van der Waals surface area (Å²) < 4.78 is 7.56. The normalized spacial score (nSPS) is 17.2. The van der Waals surface area contributed by atoms with Gasteiger partial charge >= 0.3 is 0 Å². The lowest BCUT2D eigenvalue weighted by Crippen LogP contribution is -2.38. The Bertz CT molecular complexity index is 1150. The third kappa shape index (κ3) is 2.60. The van der Waals surface area contributed by atoms with Crippen LogP contribution in [0.15, 0.2) is 16.8 Å². The SMILES string of the molecule is Cc1oc2ncnc(NC3(C)CC3)c2c1C(=O)N1CCn2nc(C#N)cc2C1. The number of nitrogens with one attached hydrogen (secondary N) is 1. The number of hydrogen-bond acceptors (Lipinski definition) is 7. The molecule has 9 nitrogen and oxygen atoms in total. The van der Waals surface area contributed by atoms with Crippen molar-refractivity contribution in [2.45, 2.75) is 45.3 Å². The fourth-order valence-electron chi connectivity index (χ4n) is 3.65. The maximum absolute atomic E-state index is 13.4. The molecule has 28 heavy (non-hydrogen) atoms. The first kappa shape index (κ1) is 16.7. The average molecular weight is 377 g/mol. The number of aryl methyl sites for hydroxylation is 1. The minimum atomic E-state index is -0.124. The third-order valence-electron chi connectivity index (χ3n) is 5.50. The molecule has 1 fully saturated rings. The molecule has 3 aromatic heterocycles. The van der Waals surface area contributed by atoms with Crippen LogP contribution in [0.2, 0.25) is 0 Å². The standard InChI is InChI=1S/C19H19N7O2/c1-11-14(15-16(23-19(2)3-4-19)21-10-22-17(15)28-11)18(27)25-5-6-26-13(9-25)7-12(8-20)24-26/h7,10H,3-6,9H2,1-2H3,(H,21,22,23). The van der Waals surface area contributed by atoms with E-state index in [9.17, 15) is 4.79 Å². The molecule has 2 aliphatic rings. The maximum atomic E-state index is 13.4. The highest BCUT2D eigenvalue weighted by Crippen LogP contribution is 2.40. The summed E-state index contributed by atoms with van der Waals surface area (Å²) in [5.41, 5.74) is 2.14. The average Bonchev–Trinajstić information content (AvgIpc) is 3.13. The second-order valence-electron chi connectivity index (χ2n) is 7.70. The van der Waals surface area contributed by atoms with Gasteiger partial charge in [0.15, 0.2) is 5.69 Å². The van der Waals surface area contributed by atoms with E-state index in [0.29, 0.717) is 53.6 Å². The summed E-state index contributed by atoms with van der Waals surface area (Å²) in [6, 6.07) is 3.77. The monoisotopic (exact) mass is 377 g/mol. The highest BCUT2D eigenvalue weighted by molar-refractivity contribution is 6.10. The summed E-state index contributed by atoms with van der Waals surface area (Å²) in [5, 5.41) is 17.4. The van der Waals surface area contributed by atoms with Crippen LogP contribution in [0.25, 0.3) is 11.1 Å². The zero-order valence-electron chi connectivity index (χ0n) is 15.7. The first-order valence-electron chi connectivity index (χ1n) is 9.26. The van der Waals surface area contributed by atoms with Crippen molar-refractivity contribution in [1.29, 1.82) is 5.26 Å². The number of hydrogen-bond donors (Lipinski definition) is 1. The lowest BCUT2D eigenvalue weighted by atomic mass is 10.1. The van der Waals surface area contributed by atoms with E-state index in [1.807, 2.05) is 6.07 Å². The van der Waals surface area contributed by atoms with E-state index in [-0.39, 0.29) is 11.4 Å². The van der Waals surface area contributed by atoms with Crippen LogP contribution in [0.4, 0.5) is 5.82 Å². The number of nitriles is 1. The van der Waals surface area contributed by atoms with Gasteiger partial charge in [0.2, 0.25) is 5.71 Å². The highest BCUT2D eigenvalue weighted by atomic mass is 16.3. The Morgan fingerprint density at radius 3 is 2.93 bits per heavy atom. The van der Waals surface area contributed by atoms with E-state index >= 15 is 0 Å². The second-order valence-corrected chi connectivity index (χ2v) is 7.70. The van der Waals surface area contributed by atoms with Crippen molar-refractivity contribution in [2.75, 3.05) is 11.9 Å². The summed E-state index contributed by atoms with van der Waals surface area (Å²) in [4.78, 5) is 23.8. The van der Waals surface area contributed by atoms with E-state index in [1.54, 1.807) is 22.6 Å². The molecule has 0 radical (unpaired) electrons. The molecule has 3 aromatic rings. The van der Waals surface area contributed by atoms with E-state index in [4.69, 9.17) is 9.68 Å². The maximum Gasteiger partial charge on any atom is 0.258 e. The van der Waals surface area contributed by atoms with E-state index < -0.39 is 0 Å². The van der Waals surface area contributed by atoms with Crippen molar-refractivity contribution in [3.63, 3.8) is 0 Å². The van der Waals surface area contributed by atoms with Crippen molar-refractivity contribution in [3.8, 4) is 6.07 Å². The Kier molecular flexibility index (Phi) is 3.46. The van der Waals surface area contributed by atoms with Gasteiger partial charge in [0, 0.05) is 12.1 Å². The smallest absolute Gasteiger partial charge is 0.258 e. The van der Waals surface area contributed by atoms with Crippen molar-refractivity contribution < 1.29 is 9.21 Å². The van der Waals surface area contributed by atoms with E-state index in [1.165, 1.54) is 6.33 Å². The molecule has 0 saturated heterocycles. The molecule has 5 rings (SSSR count). The van der Waals surface area contributed by atoms with E-state index in [0.717, 1.165) is 18.5 Å². The molecule has 1 saturated carbocycles. The van der Waals surface area contributed by atoms with Crippen LogP contribution in [-0.2, 0) is 13.1 Å². The fraction of sp³-hybridized carbons (Fsp3) is 0.421. The molecule has 0 unspecified atom stereocenters. The Balaban J connectivity index is 1.53. The van der Waals surface area contributed by atoms with Gasteiger partial charge in [0.1, 0.15) is 24.0 Å². The molecule has 1 amide bonds. The van der Waals surface area contributed by atoms with Crippen LogP contribution in [0.3, 0.4) is 0 Å². The van der Waals surface area contributed by atoms with Gasteiger partial charge in [-0.1, -0.05) is 0 Å². The molecular weight excluding hydrogens is 358 g/mol. The molecule has 1 aliphatic carbocycles. The lowest BCUT2D eigenvalue weighted by Gasteiger charge is -2.27. The minimum Gasteiger partial charge on any atom is -0.442 e. The number of carbonyl (C=O) groups excluding carboxylic acids is 1. The van der Waals surface area contributed by atoms with Crippen LogP contribution in [0, 0.1) is 18.3 Å². The van der Waals surface area contributed by atoms with E-state index in [2.05, 4.69) is 27.3 Å². The molecule has 142 valence electrons. The van der Waals surface area contributed by atoms with Gasteiger partial charge in [-0.05, 0) is 32.8 Å². The third-order valence-corrected chi connectivity index (χ3v) is 5.50. The number of rotatable bonds is 3. The highest BCUT2D eigenvalue weighted by Gasteiger charge is 2.39. The number of anilines is 1. The molecule has 0 aromatic carbocycles. The number of aromatic nitrogens is 4. The molecule has 0 bridgehead atoms. The quantitative estimate of drug-likeness (QED) is 0.744. The molecule has 9 heteroatoms. The Labute approximate surface area is 161 Å².